The van der Waals surface area contributed by atoms with Gasteiger partial charge in [0, 0.05) is 12.1 Å². The molecule has 9 heteroatoms. The molecule has 3 aromatic rings. The lowest BCUT2D eigenvalue weighted by Crippen LogP contribution is -2.31. The summed E-state index contributed by atoms with van der Waals surface area (Å²) in [5.74, 6) is -1.39. The highest BCUT2D eigenvalue weighted by atomic mass is 32.1. The number of carbonyl (C=O) groups is 3. The third-order valence-electron chi connectivity index (χ3n) is 4.55. The Labute approximate surface area is 188 Å². The summed E-state index contributed by atoms with van der Waals surface area (Å²) >= 11 is 1.30. The average Bonchev–Trinajstić information content (AvgIpc) is 3.15. The van der Waals surface area contributed by atoms with Gasteiger partial charge in [-0.25, -0.2) is 9.37 Å². The van der Waals surface area contributed by atoms with E-state index in [2.05, 4.69) is 20.4 Å². The number of rotatable bonds is 8. The molecule has 0 fully saturated rings. The summed E-state index contributed by atoms with van der Waals surface area (Å²) in [7, 11) is 1.25. The van der Waals surface area contributed by atoms with Gasteiger partial charge in [0.15, 0.2) is 0 Å². The fraction of sp³-hybridized carbons (Fsp3) is 0.217. The van der Waals surface area contributed by atoms with Crippen LogP contribution in [0.5, 0.6) is 0 Å². The first-order valence-corrected chi connectivity index (χ1v) is 10.6. The van der Waals surface area contributed by atoms with Crippen molar-refractivity contribution in [2.24, 2.45) is 0 Å². The Hall–Kier alpha value is -3.59. The summed E-state index contributed by atoms with van der Waals surface area (Å²) in [5.41, 5.74) is 2.87. The minimum atomic E-state index is -0.518. The van der Waals surface area contributed by atoms with Crippen LogP contribution in [0.4, 0.5) is 10.1 Å². The third kappa shape index (κ3) is 6.45. The Balaban J connectivity index is 1.57. The van der Waals surface area contributed by atoms with Crippen molar-refractivity contribution < 1.29 is 23.5 Å². The number of carbonyl (C=O) groups excluding carboxylic acids is 3. The zero-order valence-electron chi connectivity index (χ0n) is 17.6. The molecule has 0 aliphatic rings. The van der Waals surface area contributed by atoms with Crippen molar-refractivity contribution in [3.05, 3.63) is 81.1 Å². The summed E-state index contributed by atoms with van der Waals surface area (Å²) in [6, 6.07) is 13.1. The van der Waals surface area contributed by atoms with Crippen LogP contribution < -0.4 is 10.6 Å². The van der Waals surface area contributed by atoms with Crippen LogP contribution in [0.2, 0.25) is 0 Å². The maximum Gasteiger partial charge on any atom is 0.325 e. The molecule has 32 heavy (non-hydrogen) atoms. The number of hydrogen-bond donors (Lipinski definition) is 2. The van der Waals surface area contributed by atoms with Gasteiger partial charge in [-0.3, -0.25) is 14.4 Å². The topological polar surface area (TPSA) is 97.4 Å². The van der Waals surface area contributed by atoms with Crippen molar-refractivity contribution in [3.63, 3.8) is 0 Å². The Morgan fingerprint density at radius 2 is 1.69 bits per heavy atom. The molecule has 2 amide bonds. The van der Waals surface area contributed by atoms with Gasteiger partial charge < -0.3 is 15.4 Å². The number of benzene rings is 2. The van der Waals surface area contributed by atoms with Crippen LogP contribution in [0, 0.1) is 12.7 Å². The number of nitrogens with one attached hydrogen (secondary N) is 2. The predicted octanol–water partition coefficient (Wildman–Crippen LogP) is 3.27. The predicted molar refractivity (Wildman–Crippen MR) is 119 cm³/mol. The molecule has 1 heterocycles. The molecular weight excluding hydrogens is 433 g/mol. The zero-order valence-corrected chi connectivity index (χ0v) is 18.4. The van der Waals surface area contributed by atoms with Crippen LogP contribution in [-0.4, -0.2) is 36.4 Å². The molecule has 2 aromatic carbocycles. The van der Waals surface area contributed by atoms with E-state index in [4.69, 9.17) is 0 Å². The molecule has 2 N–H and O–H groups in total. The van der Waals surface area contributed by atoms with E-state index < -0.39 is 5.97 Å². The SMILES string of the molecule is COC(=O)CNC(=O)Cc1ccc(NC(=O)c2sc(Cc3ccc(F)cc3)nc2C)cc1. The number of aryl methyl sites for hydroxylation is 1. The lowest BCUT2D eigenvalue weighted by atomic mass is 10.1. The summed E-state index contributed by atoms with van der Waals surface area (Å²) in [6.45, 7) is 1.59. The van der Waals surface area contributed by atoms with Gasteiger partial charge >= 0.3 is 5.97 Å². The maximum atomic E-state index is 13.1. The summed E-state index contributed by atoms with van der Waals surface area (Å²) in [6.07, 6.45) is 0.623. The van der Waals surface area contributed by atoms with Crippen molar-refractivity contribution in [1.82, 2.24) is 10.3 Å². The van der Waals surface area contributed by atoms with E-state index in [0.29, 0.717) is 22.7 Å². The maximum absolute atomic E-state index is 13.1. The molecule has 0 aliphatic carbocycles. The van der Waals surface area contributed by atoms with Gasteiger partial charge in [0.1, 0.15) is 17.2 Å². The van der Waals surface area contributed by atoms with Crippen LogP contribution in [0.1, 0.15) is 31.5 Å². The second-order valence-corrected chi connectivity index (χ2v) is 8.09. The van der Waals surface area contributed by atoms with E-state index in [1.165, 1.54) is 30.6 Å². The average molecular weight is 456 g/mol. The number of esters is 1. The van der Waals surface area contributed by atoms with E-state index in [-0.39, 0.29) is 30.6 Å². The van der Waals surface area contributed by atoms with E-state index >= 15 is 0 Å². The molecule has 0 spiro atoms. The minimum absolute atomic E-state index is 0.103. The number of nitrogens with zero attached hydrogens (tertiary/aromatic N) is 1. The number of amides is 2. The lowest BCUT2D eigenvalue weighted by molar-refractivity contribution is -0.141. The first-order chi connectivity index (χ1) is 15.3. The van der Waals surface area contributed by atoms with Gasteiger partial charge in [-0.2, -0.15) is 0 Å². The van der Waals surface area contributed by atoms with Gasteiger partial charge in [0.25, 0.3) is 5.91 Å². The van der Waals surface area contributed by atoms with Gasteiger partial charge in [-0.05, 0) is 42.3 Å². The van der Waals surface area contributed by atoms with Gasteiger partial charge in [-0.15, -0.1) is 11.3 Å². The van der Waals surface area contributed by atoms with Crippen molar-refractivity contribution in [2.75, 3.05) is 19.0 Å². The van der Waals surface area contributed by atoms with Gasteiger partial charge in [0.05, 0.1) is 24.2 Å². The molecule has 0 saturated carbocycles. The lowest BCUT2D eigenvalue weighted by Gasteiger charge is -2.07. The fourth-order valence-electron chi connectivity index (χ4n) is 2.90. The highest BCUT2D eigenvalue weighted by Gasteiger charge is 2.16. The second kappa shape index (κ2) is 10.6. The molecular formula is C23H22FN3O4S. The number of thiazole rings is 1. The van der Waals surface area contributed by atoms with Gasteiger partial charge in [0.2, 0.25) is 5.91 Å². The van der Waals surface area contributed by atoms with E-state index in [1.54, 1.807) is 43.3 Å². The Morgan fingerprint density at radius 3 is 2.34 bits per heavy atom. The zero-order chi connectivity index (χ0) is 23.1. The van der Waals surface area contributed by atoms with Crippen molar-refractivity contribution >= 4 is 34.8 Å². The van der Waals surface area contributed by atoms with Crippen molar-refractivity contribution in [3.8, 4) is 0 Å². The molecule has 0 bridgehead atoms. The van der Waals surface area contributed by atoms with Crippen LogP contribution in [0.25, 0.3) is 0 Å². The molecule has 1 aromatic heterocycles. The first kappa shape index (κ1) is 23.1. The van der Waals surface area contributed by atoms with E-state index in [9.17, 15) is 18.8 Å². The highest BCUT2D eigenvalue weighted by molar-refractivity contribution is 7.14. The Kier molecular flexibility index (Phi) is 7.67. The smallest absolute Gasteiger partial charge is 0.325 e. The normalized spacial score (nSPS) is 10.5. The summed E-state index contributed by atoms with van der Waals surface area (Å²) < 4.78 is 17.5. The number of methoxy groups -OCH3 is 1. The number of halogens is 1. The number of aromatic nitrogens is 1. The molecule has 0 aliphatic heterocycles. The molecule has 166 valence electrons. The molecule has 0 radical (unpaired) electrons. The summed E-state index contributed by atoms with van der Waals surface area (Å²) in [5, 5.41) is 6.07. The van der Waals surface area contributed by atoms with E-state index in [1.807, 2.05) is 0 Å². The van der Waals surface area contributed by atoms with Crippen LogP contribution >= 0.6 is 11.3 Å². The van der Waals surface area contributed by atoms with Gasteiger partial charge in [-0.1, -0.05) is 24.3 Å². The molecule has 0 unspecified atom stereocenters. The monoisotopic (exact) mass is 455 g/mol. The van der Waals surface area contributed by atoms with E-state index in [0.717, 1.165) is 16.1 Å². The quantitative estimate of drug-likeness (QED) is 0.508. The third-order valence-corrected chi connectivity index (χ3v) is 5.71. The van der Waals surface area contributed by atoms with Crippen molar-refractivity contribution in [1.29, 1.82) is 0 Å². The van der Waals surface area contributed by atoms with Crippen LogP contribution in [-0.2, 0) is 27.2 Å². The Morgan fingerprint density at radius 1 is 1.03 bits per heavy atom. The fourth-order valence-corrected chi connectivity index (χ4v) is 3.89. The molecule has 0 saturated heterocycles. The number of ether oxygens (including phenoxy) is 1. The minimum Gasteiger partial charge on any atom is -0.468 e. The van der Waals surface area contributed by atoms with Crippen molar-refractivity contribution in [2.45, 2.75) is 19.8 Å². The number of hydrogen-bond acceptors (Lipinski definition) is 6. The Bertz CT molecular complexity index is 1110. The largest absolute Gasteiger partial charge is 0.468 e. The molecule has 0 atom stereocenters. The second-order valence-electron chi connectivity index (χ2n) is 7.01. The number of anilines is 1. The molecule has 3 rings (SSSR count). The molecule has 7 nitrogen and oxygen atoms in total. The first-order valence-electron chi connectivity index (χ1n) is 9.78. The standard InChI is InChI=1S/C23H22FN3O4S/c1-14-22(32-20(26-14)12-16-3-7-17(24)8-4-16)23(30)27-18-9-5-15(6-10-18)11-19(28)25-13-21(29)31-2/h3-10H,11-13H2,1-2H3,(H,25,28)(H,27,30). The van der Waals surface area contributed by atoms with Crippen LogP contribution in [0.3, 0.4) is 0 Å². The highest BCUT2D eigenvalue weighted by Crippen LogP contribution is 2.22. The van der Waals surface area contributed by atoms with Crippen LogP contribution in [0.15, 0.2) is 48.5 Å². The summed E-state index contributed by atoms with van der Waals surface area (Å²) in [4.78, 5) is 40.6.